The van der Waals surface area contributed by atoms with Crippen LogP contribution >= 0.6 is 11.6 Å². The van der Waals surface area contributed by atoms with Crippen LogP contribution in [0.4, 0.5) is 5.69 Å². The molecule has 0 spiro atoms. The number of nitro benzene ring substituents is 1. The number of non-ortho nitro benzene ring substituents is 1. The average Bonchev–Trinajstić information content (AvgIpc) is 2.35. The zero-order valence-electron chi connectivity index (χ0n) is 10.9. The molecular weight excluding hydrogens is 272 g/mol. The van der Waals surface area contributed by atoms with Gasteiger partial charge in [-0.15, -0.1) is 0 Å². The van der Waals surface area contributed by atoms with Crippen molar-refractivity contribution in [2.24, 2.45) is 0 Å². The number of rotatable bonds is 7. The van der Waals surface area contributed by atoms with Crippen LogP contribution in [0, 0.1) is 10.1 Å². The fraction of sp³-hybridized carbons (Fsp3) is 0.500. The molecule has 1 aromatic rings. The summed E-state index contributed by atoms with van der Waals surface area (Å²) in [5.41, 5.74) is -1.14. The molecule has 19 heavy (non-hydrogen) atoms. The van der Waals surface area contributed by atoms with Gasteiger partial charge in [0.2, 0.25) is 0 Å². The van der Waals surface area contributed by atoms with Gasteiger partial charge in [0, 0.05) is 18.7 Å². The van der Waals surface area contributed by atoms with Crippen molar-refractivity contribution in [3.05, 3.63) is 33.3 Å². The summed E-state index contributed by atoms with van der Waals surface area (Å²) in [6.45, 7) is 4.74. The van der Waals surface area contributed by atoms with Gasteiger partial charge < -0.3 is 15.2 Å². The summed E-state index contributed by atoms with van der Waals surface area (Å²) in [6.07, 6.45) is 0. The fourth-order valence-electron chi connectivity index (χ4n) is 1.40. The van der Waals surface area contributed by atoms with Gasteiger partial charge in [0.25, 0.3) is 5.69 Å². The van der Waals surface area contributed by atoms with Gasteiger partial charge in [0.1, 0.15) is 18.0 Å². The maximum atomic E-state index is 10.6. The van der Waals surface area contributed by atoms with Gasteiger partial charge in [0.15, 0.2) is 0 Å². The monoisotopic (exact) mass is 288 g/mol. The highest BCUT2D eigenvalue weighted by atomic mass is 35.5. The number of nitro groups is 1. The van der Waals surface area contributed by atoms with E-state index in [1.165, 1.54) is 18.2 Å². The molecule has 6 nitrogen and oxygen atoms in total. The Labute approximate surface area is 116 Å². The summed E-state index contributed by atoms with van der Waals surface area (Å²) in [5, 5.41) is 23.7. The van der Waals surface area contributed by atoms with Crippen molar-refractivity contribution >= 4 is 17.3 Å². The summed E-state index contributed by atoms with van der Waals surface area (Å²) in [6, 6.07) is 3.94. The molecule has 0 aliphatic heterocycles. The number of hydrogen-bond donors (Lipinski definition) is 2. The minimum atomic E-state index is -1.04. The third kappa shape index (κ3) is 5.02. The highest BCUT2D eigenvalue weighted by molar-refractivity contribution is 6.32. The molecule has 1 aromatic carbocycles. The maximum Gasteiger partial charge on any atom is 0.271 e. The predicted molar refractivity (Wildman–Crippen MR) is 72.8 cm³/mol. The number of hydrogen-bond acceptors (Lipinski definition) is 5. The van der Waals surface area contributed by atoms with E-state index in [-0.39, 0.29) is 17.3 Å². The van der Waals surface area contributed by atoms with E-state index in [9.17, 15) is 15.2 Å². The van der Waals surface area contributed by atoms with Crippen molar-refractivity contribution in [3.63, 3.8) is 0 Å². The number of likely N-dealkylation sites (N-methyl/N-ethyl adjacent to an activating group) is 1. The summed E-state index contributed by atoms with van der Waals surface area (Å²) >= 11 is 5.88. The molecule has 0 aliphatic rings. The Bertz CT molecular complexity index is 451. The predicted octanol–water partition coefficient (Wildman–Crippen LogP) is 1.99. The topological polar surface area (TPSA) is 84.6 Å². The molecule has 106 valence electrons. The van der Waals surface area contributed by atoms with E-state index in [4.69, 9.17) is 16.3 Å². The summed E-state index contributed by atoms with van der Waals surface area (Å²) in [7, 11) is 0. The Morgan fingerprint density at radius 2 is 2.26 bits per heavy atom. The minimum Gasteiger partial charge on any atom is -0.489 e. The number of ether oxygens (including phenoxy) is 1. The fourth-order valence-corrected chi connectivity index (χ4v) is 1.63. The second-order valence-corrected chi connectivity index (χ2v) is 4.84. The SMILES string of the molecule is CCNCC(C)(O)COc1ccc([N+](=O)[O-])cc1Cl. The van der Waals surface area contributed by atoms with Crippen LogP contribution in [-0.2, 0) is 0 Å². The first-order valence-electron chi connectivity index (χ1n) is 5.85. The molecule has 0 aromatic heterocycles. The largest absolute Gasteiger partial charge is 0.489 e. The Morgan fingerprint density at radius 3 is 2.79 bits per heavy atom. The van der Waals surface area contributed by atoms with Gasteiger partial charge in [-0.3, -0.25) is 10.1 Å². The molecule has 0 heterocycles. The molecule has 0 bridgehead atoms. The second-order valence-electron chi connectivity index (χ2n) is 4.44. The van der Waals surface area contributed by atoms with E-state index in [0.717, 1.165) is 6.54 Å². The standard InChI is InChI=1S/C12H17ClN2O4/c1-3-14-7-12(2,16)8-19-11-5-4-9(15(17)18)6-10(11)13/h4-6,14,16H,3,7-8H2,1-2H3. The lowest BCUT2D eigenvalue weighted by atomic mass is 10.1. The quantitative estimate of drug-likeness (QED) is 0.592. The number of benzene rings is 1. The molecule has 2 N–H and O–H groups in total. The van der Waals surface area contributed by atoms with Crippen molar-refractivity contribution in [3.8, 4) is 5.75 Å². The van der Waals surface area contributed by atoms with E-state index >= 15 is 0 Å². The lowest BCUT2D eigenvalue weighted by Gasteiger charge is -2.23. The van der Waals surface area contributed by atoms with E-state index in [2.05, 4.69) is 5.32 Å². The van der Waals surface area contributed by atoms with Crippen molar-refractivity contribution in [2.45, 2.75) is 19.4 Å². The number of aliphatic hydroxyl groups is 1. The zero-order chi connectivity index (χ0) is 14.5. The van der Waals surface area contributed by atoms with Crippen LogP contribution in [0.3, 0.4) is 0 Å². The van der Waals surface area contributed by atoms with Gasteiger partial charge >= 0.3 is 0 Å². The summed E-state index contributed by atoms with van der Waals surface area (Å²) in [4.78, 5) is 10.0. The molecule has 7 heteroatoms. The third-order valence-electron chi connectivity index (χ3n) is 2.42. The van der Waals surface area contributed by atoms with Crippen LogP contribution in [0.1, 0.15) is 13.8 Å². The van der Waals surface area contributed by atoms with Crippen LogP contribution in [0.2, 0.25) is 5.02 Å². The Hall–Kier alpha value is -1.37. The lowest BCUT2D eigenvalue weighted by molar-refractivity contribution is -0.384. The van der Waals surface area contributed by atoms with Gasteiger partial charge in [-0.25, -0.2) is 0 Å². The molecule has 1 rings (SSSR count). The van der Waals surface area contributed by atoms with Crippen molar-refractivity contribution in [1.29, 1.82) is 0 Å². The van der Waals surface area contributed by atoms with Gasteiger partial charge in [-0.1, -0.05) is 18.5 Å². The summed E-state index contributed by atoms with van der Waals surface area (Å²) in [5.74, 6) is 0.309. The average molecular weight is 289 g/mol. The van der Waals surface area contributed by atoms with E-state index in [1.807, 2.05) is 6.92 Å². The first kappa shape index (κ1) is 15.7. The first-order valence-corrected chi connectivity index (χ1v) is 6.23. The molecule has 1 atom stereocenters. The smallest absolute Gasteiger partial charge is 0.271 e. The molecule has 1 unspecified atom stereocenters. The molecule has 0 aliphatic carbocycles. The molecule has 0 saturated heterocycles. The highest BCUT2D eigenvalue weighted by Gasteiger charge is 2.21. The lowest BCUT2D eigenvalue weighted by Crippen LogP contribution is -2.42. The van der Waals surface area contributed by atoms with Gasteiger partial charge in [-0.2, -0.15) is 0 Å². The van der Waals surface area contributed by atoms with E-state index < -0.39 is 10.5 Å². The van der Waals surface area contributed by atoms with Crippen LogP contribution in [0.25, 0.3) is 0 Å². The van der Waals surface area contributed by atoms with Gasteiger partial charge in [-0.05, 0) is 19.5 Å². The number of halogens is 1. The highest BCUT2D eigenvalue weighted by Crippen LogP contribution is 2.29. The Morgan fingerprint density at radius 1 is 1.58 bits per heavy atom. The zero-order valence-corrected chi connectivity index (χ0v) is 11.6. The molecule has 0 amide bonds. The normalized spacial score (nSPS) is 13.9. The molecular formula is C12H17ClN2O4. The van der Waals surface area contributed by atoms with Crippen LogP contribution < -0.4 is 10.1 Å². The third-order valence-corrected chi connectivity index (χ3v) is 2.72. The van der Waals surface area contributed by atoms with Gasteiger partial charge in [0.05, 0.1) is 9.95 Å². The molecule has 0 radical (unpaired) electrons. The second kappa shape index (κ2) is 6.70. The van der Waals surface area contributed by atoms with Crippen LogP contribution in [0.5, 0.6) is 5.75 Å². The molecule has 0 fully saturated rings. The van der Waals surface area contributed by atoms with E-state index in [0.29, 0.717) is 12.3 Å². The van der Waals surface area contributed by atoms with Crippen LogP contribution in [0.15, 0.2) is 18.2 Å². The van der Waals surface area contributed by atoms with Crippen molar-refractivity contribution < 1.29 is 14.8 Å². The number of nitrogens with zero attached hydrogens (tertiary/aromatic N) is 1. The van der Waals surface area contributed by atoms with Crippen molar-refractivity contribution in [1.82, 2.24) is 5.32 Å². The van der Waals surface area contributed by atoms with Crippen molar-refractivity contribution in [2.75, 3.05) is 19.7 Å². The Balaban J connectivity index is 2.65. The minimum absolute atomic E-state index is 0.0392. The Kier molecular flexibility index (Phi) is 5.53. The summed E-state index contributed by atoms with van der Waals surface area (Å²) < 4.78 is 5.39. The molecule has 0 saturated carbocycles. The van der Waals surface area contributed by atoms with E-state index in [1.54, 1.807) is 6.92 Å². The number of nitrogens with one attached hydrogen (secondary N) is 1. The first-order chi connectivity index (χ1) is 8.85. The maximum absolute atomic E-state index is 10.6. The van der Waals surface area contributed by atoms with Crippen LogP contribution in [-0.4, -0.2) is 35.3 Å².